The second-order valence-electron chi connectivity index (χ2n) is 9.54. The SMILES string of the molecule is COc1ccc(C[C@@H]2c3cc(C)c(C)cc3CC[N@@+]2(C)CCCOC(=O)/C(Cl)=C/C(=O)O)cc1OC. The van der Waals surface area contributed by atoms with Gasteiger partial charge < -0.3 is 23.8 Å². The Morgan fingerprint density at radius 2 is 1.81 bits per heavy atom. The van der Waals surface area contributed by atoms with E-state index in [-0.39, 0.29) is 12.6 Å². The molecule has 0 amide bonds. The van der Waals surface area contributed by atoms with Crippen molar-refractivity contribution in [1.29, 1.82) is 0 Å². The summed E-state index contributed by atoms with van der Waals surface area (Å²) in [7, 11) is 5.52. The molecule has 0 unspecified atom stereocenters. The number of benzene rings is 2. The molecule has 0 aromatic heterocycles. The minimum absolute atomic E-state index is 0.166. The molecular formula is C28H35ClNO6+. The van der Waals surface area contributed by atoms with Crippen LogP contribution in [0.3, 0.4) is 0 Å². The van der Waals surface area contributed by atoms with Gasteiger partial charge in [-0.1, -0.05) is 23.7 Å². The van der Waals surface area contributed by atoms with Gasteiger partial charge in [-0.2, -0.15) is 0 Å². The van der Waals surface area contributed by atoms with Crippen molar-refractivity contribution in [2.45, 2.75) is 39.2 Å². The Kier molecular flexibility index (Phi) is 9.03. The maximum absolute atomic E-state index is 11.9. The highest BCUT2D eigenvalue weighted by Crippen LogP contribution is 2.40. The number of carboxylic acid groups (broad SMARTS) is 1. The Morgan fingerprint density at radius 1 is 1.11 bits per heavy atom. The summed E-state index contributed by atoms with van der Waals surface area (Å²) in [5, 5.41) is 8.31. The fourth-order valence-corrected chi connectivity index (χ4v) is 5.10. The number of esters is 1. The lowest BCUT2D eigenvalue weighted by Crippen LogP contribution is -2.52. The van der Waals surface area contributed by atoms with E-state index in [1.54, 1.807) is 14.2 Å². The van der Waals surface area contributed by atoms with Crippen LogP contribution >= 0.6 is 11.6 Å². The van der Waals surface area contributed by atoms with Crippen molar-refractivity contribution < 1.29 is 33.4 Å². The van der Waals surface area contributed by atoms with Crippen molar-refractivity contribution in [2.75, 3.05) is 41.0 Å². The molecule has 1 heterocycles. The first kappa shape index (κ1) is 27.6. The highest BCUT2D eigenvalue weighted by molar-refractivity contribution is 6.42. The minimum atomic E-state index is -1.29. The summed E-state index contributed by atoms with van der Waals surface area (Å²) in [6.07, 6.45) is 3.06. The summed E-state index contributed by atoms with van der Waals surface area (Å²) in [6, 6.07) is 10.9. The molecule has 36 heavy (non-hydrogen) atoms. The van der Waals surface area contributed by atoms with E-state index < -0.39 is 17.0 Å². The third-order valence-electron chi connectivity index (χ3n) is 7.13. The van der Waals surface area contributed by atoms with Crippen LogP contribution in [0.2, 0.25) is 0 Å². The van der Waals surface area contributed by atoms with E-state index in [2.05, 4.69) is 39.1 Å². The fraction of sp³-hybridized carbons (Fsp3) is 0.429. The van der Waals surface area contributed by atoms with E-state index in [1.165, 1.54) is 22.3 Å². The number of aliphatic carboxylic acids is 1. The number of rotatable bonds is 10. The number of halogens is 1. The number of methoxy groups -OCH3 is 2. The molecule has 0 bridgehead atoms. The maximum atomic E-state index is 11.9. The van der Waals surface area contributed by atoms with Gasteiger partial charge >= 0.3 is 11.9 Å². The Bertz CT molecular complexity index is 1160. The van der Waals surface area contributed by atoms with Gasteiger partial charge in [-0.15, -0.1) is 0 Å². The molecule has 3 rings (SSSR count). The molecule has 194 valence electrons. The van der Waals surface area contributed by atoms with E-state index in [4.69, 9.17) is 30.9 Å². The van der Waals surface area contributed by atoms with Crippen molar-refractivity contribution in [1.82, 2.24) is 0 Å². The Morgan fingerprint density at radius 3 is 2.47 bits per heavy atom. The molecule has 7 nitrogen and oxygen atoms in total. The lowest BCUT2D eigenvalue weighted by atomic mass is 9.84. The number of carboxylic acids is 1. The predicted octanol–water partition coefficient (Wildman–Crippen LogP) is 4.75. The van der Waals surface area contributed by atoms with Crippen molar-refractivity contribution in [3.63, 3.8) is 0 Å². The number of ether oxygens (including phenoxy) is 3. The molecule has 0 spiro atoms. The van der Waals surface area contributed by atoms with Gasteiger partial charge in [0, 0.05) is 30.9 Å². The van der Waals surface area contributed by atoms with Crippen molar-refractivity contribution in [3.05, 3.63) is 69.3 Å². The lowest BCUT2D eigenvalue weighted by Gasteiger charge is -2.46. The summed E-state index contributed by atoms with van der Waals surface area (Å²) < 4.78 is 17.0. The van der Waals surface area contributed by atoms with Gasteiger partial charge in [0.1, 0.15) is 11.1 Å². The van der Waals surface area contributed by atoms with Crippen molar-refractivity contribution >= 4 is 23.5 Å². The number of aryl methyl sites for hydroxylation is 2. The van der Waals surface area contributed by atoms with Crippen LogP contribution in [0.1, 0.15) is 40.3 Å². The van der Waals surface area contributed by atoms with Crippen LogP contribution in [0.5, 0.6) is 11.5 Å². The van der Waals surface area contributed by atoms with Gasteiger partial charge in [-0.3, -0.25) is 0 Å². The van der Waals surface area contributed by atoms with Crippen LogP contribution in [-0.2, 0) is 27.2 Å². The molecule has 0 aliphatic carbocycles. The molecule has 1 N–H and O–H groups in total. The first-order valence-electron chi connectivity index (χ1n) is 12.0. The molecule has 0 saturated heterocycles. The van der Waals surface area contributed by atoms with Crippen LogP contribution < -0.4 is 9.47 Å². The number of quaternary nitrogens is 1. The first-order chi connectivity index (χ1) is 17.1. The van der Waals surface area contributed by atoms with Crippen LogP contribution in [-0.4, -0.2) is 62.5 Å². The molecule has 0 radical (unpaired) electrons. The summed E-state index contributed by atoms with van der Waals surface area (Å²) in [6.45, 7) is 6.22. The van der Waals surface area contributed by atoms with Crippen LogP contribution in [0.15, 0.2) is 41.4 Å². The van der Waals surface area contributed by atoms with Gasteiger partial charge in [0.05, 0.1) is 41.0 Å². The Labute approximate surface area is 217 Å². The highest BCUT2D eigenvalue weighted by atomic mass is 35.5. The molecular weight excluding hydrogens is 482 g/mol. The van der Waals surface area contributed by atoms with Crippen LogP contribution in [0.25, 0.3) is 0 Å². The van der Waals surface area contributed by atoms with Gasteiger partial charge in [-0.05, 0) is 54.3 Å². The summed E-state index contributed by atoms with van der Waals surface area (Å²) in [5.74, 6) is -0.700. The maximum Gasteiger partial charge on any atom is 0.350 e. The molecule has 2 aromatic rings. The zero-order valence-corrected chi connectivity index (χ0v) is 22.4. The van der Waals surface area contributed by atoms with Gasteiger partial charge in [-0.25, -0.2) is 9.59 Å². The number of nitrogens with zero attached hydrogens (tertiary/aromatic N) is 1. The van der Waals surface area contributed by atoms with Gasteiger partial charge in [0.2, 0.25) is 0 Å². The summed E-state index contributed by atoms with van der Waals surface area (Å²) in [4.78, 5) is 22.7. The van der Waals surface area contributed by atoms with Crippen LogP contribution in [0.4, 0.5) is 0 Å². The second-order valence-corrected chi connectivity index (χ2v) is 9.95. The second kappa shape index (κ2) is 11.8. The molecule has 0 fully saturated rings. The Hall–Kier alpha value is -3.03. The normalized spacial score (nSPS) is 19.4. The fourth-order valence-electron chi connectivity index (χ4n) is 4.95. The highest BCUT2D eigenvalue weighted by Gasteiger charge is 2.39. The third-order valence-corrected chi connectivity index (χ3v) is 7.39. The third kappa shape index (κ3) is 6.39. The van der Waals surface area contributed by atoms with Gasteiger partial charge in [0.15, 0.2) is 11.5 Å². The number of hydrogen-bond donors (Lipinski definition) is 1. The largest absolute Gasteiger partial charge is 0.493 e. The quantitative estimate of drug-likeness (QED) is 0.212. The predicted molar refractivity (Wildman–Crippen MR) is 139 cm³/mol. The lowest BCUT2D eigenvalue weighted by molar-refractivity contribution is -0.941. The first-order valence-corrected chi connectivity index (χ1v) is 12.4. The number of hydrogen-bond acceptors (Lipinski definition) is 5. The van der Waals surface area contributed by atoms with Crippen LogP contribution in [0, 0.1) is 13.8 Å². The molecule has 2 atom stereocenters. The average molecular weight is 517 g/mol. The molecule has 8 heteroatoms. The Balaban J connectivity index is 1.83. The van der Waals surface area contributed by atoms with E-state index in [9.17, 15) is 9.59 Å². The molecule has 2 aromatic carbocycles. The van der Waals surface area contributed by atoms with E-state index in [1.807, 2.05) is 12.1 Å². The minimum Gasteiger partial charge on any atom is -0.493 e. The topological polar surface area (TPSA) is 82.1 Å². The monoisotopic (exact) mass is 516 g/mol. The van der Waals surface area contributed by atoms with E-state index in [0.717, 1.165) is 36.0 Å². The average Bonchev–Trinajstić information content (AvgIpc) is 2.84. The smallest absolute Gasteiger partial charge is 0.350 e. The zero-order chi connectivity index (χ0) is 26.5. The molecule has 0 saturated carbocycles. The molecule has 1 aliphatic heterocycles. The van der Waals surface area contributed by atoms with Gasteiger partial charge in [0.25, 0.3) is 0 Å². The molecule has 1 aliphatic rings. The van der Waals surface area contributed by atoms with Crippen molar-refractivity contribution in [3.8, 4) is 11.5 Å². The van der Waals surface area contributed by atoms with E-state index >= 15 is 0 Å². The standard InChI is InChI=1S/C28H34ClNO6/c1-18-13-21-9-11-30(3,10-6-12-36-28(33)23(29)17-27(31)32)24(22(21)14-19(18)2)15-20-7-8-25(34-4)26(16-20)35-5/h7-8,13-14,16-17,24H,6,9-12,15H2,1-5H3/p+1/b23-17-/t24-,30-/m1/s1. The number of carbonyl (C=O) groups is 2. The number of fused-ring (bicyclic) bond motifs is 1. The summed E-state index contributed by atoms with van der Waals surface area (Å²) >= 11 is 5.71. The number of carbonyl (C=O) groups excluding carboxylic acids is 1. The summed E-state index contributed by atoms with van der Waals surface area (Å²) in [5.41, 5.74) is 6.47. The van der Waals surface area contributed by atoms with E-state index in [0.29, 0.717) is 24.0 Å². The van der Waals surface area contributed by atoms with Crippen molar-refractivity contribution in [2.24, 2.45) is 0 Å². The number of likely N-dealkylation sites (N-methyl/N-ethyl adjacent to an activating group) is 1. The zero-order valence-electron chi connectivity index (χ0n) is 21.6.